The van der Waals surface area contributed by atoms with E-state index in [0.29, 0.717) is 11.4 Å². The summed E-state index contributed by atoms with van der Waals surface area (Å²) in [5.41, 5.74) is 1.11. The monoisotopic (exact) mass is 209 g/mol. The average Bonchev–Trinajstić information content (AvgIpc) is 2.66. The molecule has 2 rings (SSSR count). The van der Waals surface area contributed by atoms with Crippen LogP contribution in [0.3, 0.4) is 0 Å². The minimum absolute atomic E-state index is 0.363. The largest absolute Gasteiger partial charge is 0.297 e. The molecule has 1 aromatic rings. The van der Waals surface area contributed by atoms with Gasteiger partial charge in [0.2, 0.25) is 0 Å². The Morgan fingerprint density at radius 1 is 1.64 bits per heavy atom. The lowest BCUT2D eigenvalue weighted by molar-refractivity contribution is 0.554. The van der Waals surface area contributed by atoms with Gasteiger partial charge in [-0.05, 0) is 19.4 Å². The Bertz CT molecular complexity index is 316. The van der Waals surface area contributed by atoms with Gasteiger partial charge in [-0.15, -0.1) is 11.8 Å². The van der Waals surface area contributed by atoms with E-state index >= 15 is 0 Å². The molecule has 2 heterocycles. The van der Waals surface area contributed by atoms with E-state index in [9.17, 15) is 0 Å². The van der Waals surface area contributed by atoms with Crippen molar-refractivity contribution >= 4 is 11.8 Å². The number of hydrogen-bond donors (Lipinski definition) is 1. The molecule has 0 aromatic carbocycles. The molecule has 0 radical (unpaired) electrons. The molecule has 1 N–H and O–H groups in total. The van der Waals surface area contributed by atoms with Gasteiger partial charge in [-0.25, -0.2) is 9.97 Å². The van der Waals surface area contributed by atoms with Crippen LogP contribution >= 0.6 is 11.8 Å². The van der Waals surface area contributed by atoms with Crippen molar-refractivity contribution in [1.82, 2.24) is 15.3 Å². The van der Waals surface area contributed by atoms with Crippen LogP contribution in [0.4, 0.5) is 0 Å². The van der Waals surface area contributed by atoms with Crippen LogP contribution in [0.5, 0.6) is 0 Å². The lowest BCUT2D eigenvalue weighted by atomic mass is 10.2. The smallest absolute Gasteiger partial charge is 0.125 e. The summed E-state index contributed by atoms with van der Waals surface area (Å²) in [7, 11) is 0. The number of nitrogens with one attached hydrogen (secondary N) is 1. The number of aromatic nitrogens is 2. The first-order valence-electron chi connectivity index (χ1n) is 4.97. The molecule has 1 aliphatic heterocycles. The fourth-order valence-corrected chi connectivity index (χ4v) is 2.90. The van der Waals surface area contributed by atoms with Gasteiger partial charge < -0.3 is 0 Å². The maximum absolute atomic E-state index is 4.43. The third-order valence-corrected chi connectivity index (χ3v) is 3.72. The molecule has 1 aromatic heterocycles. The molecular formula is C10H15N3S. The van der Waals surface area contributed by atoms with Crippen LogP contribution in [0.25, 0.3) is 0 Å². The van der Waals surface area contributed by atoms with Crippen molar-refractivity contribution in [1.29, 1.82) is 0 Å². The molecule has 2 atom stereocenters. The quantitative estimate of drug-likeness (QED) is 0.807. The number of hydrogen-bond acceptors (Lipinski definition) is 4. The first-order chi connectivity index (χ1) is 6.79. The lowest BCUT2D eigenvalue weighted by Gasteiger charge is -2.11. The summed E-state index contributed by atoms with van der Waals surface area (Å²) in [4.78, 5) is 8.53. The van der Waals surface area contributed by atoms with Gasteiger partial charge in [0.15, 0.2) is 0 Å². The Hall–Kier alpha value is -0.610. The van der Waals surface area contributed by atoms with E-state index in [1.807, 2.05) is 30.9 Å². The van der Waals surface area contributed by atoms with Crippen LogP contribution in [-0.4, -0.2) is 21.8 Å². The van der Waals surface area contributed by atoms with Gasteiger partial charge in [0.25, 0.3) is 0 Å². The van der Waals surface area contributed by atoms with E-state index in [0.717, 1.165) is 11.5 Å². The van der Waals surface area contributed by atoms with E-state index < -0.39 is 0 Å². The van der Waals surface area contributed by atoms with E-state index in [-0.39, 0.29) is 0 Å². The van der Waals surface area contributed by atoms with Crippen LogP contribution in [-0.2, 0) is 0 Å². The Labute approximate surface area is 88.7 Å². The maximum Gasteiger partial charge on any atom is 0.125 e. The molecular weight excluding hydrogens is 194 g/mol. The Kier molecular flexibility index (Phi) is 3.03. The number of aryl methyl sites for hydroxylation is 1. The predicted molar refractivity (Wildman–Crippen MR) is 59.2 cm³/mol. The Balaban J connectivity index is 2.09. The lowest BCUT2D eigenvalue weighted by Crippen LogP contribution is -2.25. The molecule has 0 aliphatic carbocycles. The molecule has 1 saturated heterocycles. The molecule has 0 saturated carbocycles. The Morgan fingerprint density at radius 3 is 3.14 bits per heavy atom. The van der Waals surface area contributed by atoms with Gasteiger partial charge in [0.1, 0.15) is 5.82 Å². The second kappa shape index (κ2) is 4.28. The minimum Gasteiger partial charge on any atom is -0.297 e. The molecule has 76 valence electrons. The molecule has 0 spiro atoms. The van der Waals surface area contributed by atoms with Crippen LogP contribution in [0.1, 0.15) is 30.2 Å². The van der Waals surface area contributed by atoms with E-state index in [1.165, 1.54) is 12.2 Å². The zero-order valence-corrected chi connectivity index (χ0v) is 9.34. The maximum atomic E-state index is 4.43. The fraction of sp³-hybridized carbons (Fsp3) is 0.600. The highest BCUT2D eigenvalue weighted by atomic mass is 32.2. The molecule has 4 heteroatoms. The van der Waals surface area contributed by atoms with E-state index in [2.05, 4.69) is 22.2 Å². The highest BCUT2D eigenvalue weighted by Gasteiger charge is 2.24. The predicted octanol–water partition coefficient (Wildman–Crippen LogP) is 1.90. The third kappa shape index (κ3) is 2.07. The highest BCUT2D eigenvalue weighted by Crippen LogP contribution is 2.32. The zero-order valence-electron chi connectivity index (χ0n) is 8.53. The molecule has 14 heavy (non-hydrogen) atoms. The van der Waals surface area contributed by atoms with Crippen LogP contribution < -0.4 is 5.32 Å². The highest BCUT2D eigenvalue weighted by molar-refractivity contribution is 7.99. The summed E-state index contributed by atoms with van der Waals surface area (Å²) in [6.07, 6.45) is 3.02. The Morgan fingerprint density at radius 2 is 2.50 bits per heavy atom. The van der Waals surface area contributed by atoms with Gasteiger partial charge in [0, 0.05) is 18.0 Å². The fourth-order valence-electron chi connectivity index (χ4n) is 1.55. The summed E-state index contributed by atoms with van der Waals surface area (Å²) in [6, 6.07) is 2.63. The topological polar surface area (TPSA) is 37.8 Å². The standard InChI is InChI=1S/C10H15N3S/c1-3-8-6-14-10(13-8)9-4-5-11-7(2)12-9/h4-5,8,10,13H,3,6H2,1-2H3. The second-order valence-electron chi connectivity index (χ2n) is 3.51. The molecule has 0 bridgehead atoms. The number of nitrogens with zero attached hydrogens (tertiary/aromatic N) is 2. The first-order valence-corrected chi connectivity index (χ1v) is 6.01. The van der Waals surface area contributed by atoms with Gasteiger partial charge in [-0.1, -0.05) is 6.92 Å². The van der Waals surface area contributed by atoms with E-state index in [4.69, 9.17) is 0 Å². The molecule has 3 nitrogen and oxygen atoms in total. The SMILES string of the molecule is CCC1CSC(c2ccnc(C)n2)N1. The van der Waals surface area contributed by atoms with Gasteiger partial charge >= 0.3 is 0 Å². The molecule has 1 fully saturated rings. The van der Waals surface area contributed by atoms with Crippen molar-refractivity contribution in [3.63, 3.8) is 0 Å². The van der Waals surface area contributed by atoms with Crippen molar-refractivity contribution in [2.75, 3.05) is 5.75 Å². The van der Waals surface area contributed by atoms with Crippen molar-refractivity contribution in [3.05, 3.63) is 23.8 Å². The first kappa shape index (κ1) is 9.93. The number of rotatable bonds is 2. The normalized spacial score (nSPS) is 26.7. The molecule has 1 aliphatic rings. The summed E-state index contributed by atoms with van der Waals surface area (Å²) in [5.74, 6) is 2.04. The van der Waals surface area contributed by atoms with Crippen molar-refractivity contribution in [2.24, 2.45) is 0 Å². The average molecular weight is 209 g/mol. The molecule has 0 amide bonds. The van der Waals surface area contributed by atoms with Crippen LogP contribution in [0.2, 0.25) is 0 Å². The van der Waals surface area contributed by atoms with Gasteiger partial charge in [-0.2, -0.15) is 0 Å². The van der Waals surface area contributed by atoms with Gasteiger partial charge in [0.05, 0.1) is 11.1 Å². The van der Waals surface area contributed by atoms with Gasteiger partial charge in [-0.3, -0.25) is 5.32 Å². The van der Waals surface area contributed by atoms with E-state index in [1.54, 1.807) is 0 Å². The van der Waals surface area contributed by atoms with Crippen molar-refractivity contribution in [3.8, 4) is 0 Å². The van der Waals surface area contributed by atoms with Crippen molar-refractivity contribution < 1.29 is 0 Å². The second-order valence-corrected chi connectivity index (χ2v) is 4.65. The summed E-state index contributed by atoms with van der Waals surface area (Å²) < 4.78 is 0. The van der Waals surface area contributed by atoms with Crippen LogP contribution in [0, 0.1) is 6.92 Å². The zero-order chi connectivity index (χ0) is 9.97. The van der Waals surface area contributed by atoms with Crippen molar-refractivity contribution in [2.45, 2.75) is 31.7 Å². The molecule has 2 unspecified atom stereocenters. The summed E-state index contributed by atoms with van der Waals surface area (Å²) in [5, 5.41) is 3.92. The summed E-state index contributed by atoms with van der Waals surface area (Å²) >= 11 is 1.94. The number of thioether (sulfide) groups is 1. The van der Waals surface area contributed by atoms with Crippen LogP contribution in [0.15, 0.2) is 12.3 Å². The minimum atomic E-state index is 0.363. The third-order valence-electron chi connectivity index (χ3n) is 2.41. The summed E-state index contributed by atoms with van der Waals surface area (Å²) in [6.45, 7) is 4.15.